The molecule has 3 saturated carbocycles. The second-order valence-electron chi connectivity index (χ2n) is 9.62. The Balaban J connectivity index is 1.48. The van der Waals surface area contributed by atoms with E-state index in [2.05, 4.69) is 10.4 Å². The lowest BCUT2D eigenvalue weighted by molar-refractivity contribution is 0.0121. The van der Waals surface area contributed by atoms with Crippen molar-refractivity contribution in [3.05, 3.63) is 23.5 Å². The Hall–Kier alpha value is -2.31. The van der Waals surface area contributed by atoms with Gasteiger partial charge in [0.2, 0.25) is 0 Å². The van der Waals surface area contributed by atoms with Gasteiger partial charge in [0, 0.05) is 12.7 Å². The number of carbonyl (C=O) groups excluding carboxylic acids is 2. The van der Waals surface area contributed by atoms with E-state index in [-0.39, 0.29) is 5.69 Å². The monoisotopic (exact) mass is 401 g/mol. The Morgan fingerprint density at radius 3 is 2.41 bits per heavy atom. The van der Waals surface area contributed by atoms with E-state index in [1.807, 2.05) is 26.8 Å². The second-order valence-corrected chi connectivity index (χ2v) is 9.62. The number of nitrogens with one attached hydrogen (secondary N) is 1. The standard InChI is InChI=1S/C22H31N3O4/c1-22(2,3)29-21(27)25(12-14-4-5-14)24-20(26)19-18(28-13-15-6-7-15)10-17(11-23-19)16-8-9-16/h10-11,14-16H,4-9,12-13H2,1-3H3,(H,24,26). The molecule has 0 aliphatic heterocycles. The summed E-state index contributed by atoms with van der Waals surface area (Å²) >= 11 is 0. The van der Waals surface area contributed by atoms with E-state index < -0.39 is 17.6 Å². The third-order valence-corrected chi connectivity index (χ3v) is 5.30. The Bertz CT molecular complexity index is 777. The first kappa shape index (κ1) is 20.0. The van der Waals surface area contributed by atoms with Gasteiger partial charge in [-0.05, 0) is 88.7 Å². The van der Waals surface area contributed by atoms with Crippen LogP contribution in [0.5, 0.6) is 5.75 Å². The highest BCUT2D eigenvalue weighted by Gasteiger charge is 2.32. The second kappa shape index (κ2) is 7.84. The first-order valence-electron chi connectivity index (χ1n) is 10.7. The fraction of sp³-hybridized carbons (Fsp3) is 0.682. The molecule has 0 bridgehead atoms. The number of hydrogen-bond acceptors (Lipinski definition) is 5. The molecule has 0 atom stereocenters. The van der Waals surface area contributed by atoms with Crippen molar-refractivity contribution in [2.45, 2.75) is 70.8 Å². The first-order valence-corrected chi connectivity index (χ1v) is 10.7. The number of amides is 2. The number of rotatable bonds is 7. The minimum absolute atomic E-state index is 0.222. The minimum atomic E-state index is -0.633. The van der Waals surface area contributed by atoms with Gasteiger partial charge in [0.05, 0.1) is 6.61 Å². The van der Waals surface area contributed by atoms with Gasteiger partial charge in [0.15, 0.2) is 11.4 Å². The quantitative estimate of drug-likeness (QED) is 0.698. The predicted octanol–water partition coefficient (Wildman–Crippen LogP) is 4.04. The lowest BCUT2D eigenvalue weighted by atomic mass is 10.1. The van der Waals surface area contributed by atoms with Crippen molar-refractivity contribution in [3.63, 3.8) is 0 Å². The van der Waals surface area contributed by atoms with Crippen LogP contribution in [-0.2, 0) is 4.74 Å². The van der Waals surface area contributed by atoms with E-state index in [1.165, 1.54) is 17.9 Å². The van der Waals surface area contributed by atoms with Crippen LogP contribution in [0.2, 0.25) is 0 Å². The first-order chi connectivity index (χ1) is 13.8. The highest BCUT2D eigenvalue weighted by atomic mass is 16.6. The molecular formula is C22H31N3O4. The van der Waals surface area contributed by atoms with E-state index in [0.29, 0.717) is 36.7 Å². The van der Waals surface area contributed by atoms with E-state index >= 15 is 0 Å². The van der Waals surface area contributed by atoms with Gasteiger partial charge in [0.1, 0.15) is 5.60 Å². The molecule has 1 heterocycles. The maximum absolute atomic E-state index is 13.0. The summed E-state index contributed by atoms with van der Waals surface area (Å²) in [5.74, 6) is 1.57. The Morgan fingerprint density at radius 1 is 1.14 bits per heavy atom. The normalized spacial score (nSPS) is 18.9. The topological polar surface area (TPSA) is 80.8 Å². The van der Waals surface area contributed by atoms with Crippen LogP contribution in [0.4, 0.5) is 4.79 Å². The summed E-state index contributed by atoms with van der Waals surface area (Å²) in [7, 11) is 0. The smallest absolute Gasteiger partial charge is 0.429 e. The molecule has 1 aromatic rings. The van der Waals surface area contributed by atoms with Crippen molar-refractivity contribution >= 4 is 12.0 Å². The molecule has 0 saturated heterocycles. The van der Waals surface area contributed by atoms with Crippen LogP contribution in [-0.4, -0.2) is 40.7 Å². The molecule has 0 radical (unpaired) electrons. The number of hydrazine groups is 1. The molecule has 1 aromatic heterocycles. The molecule has 7 heteroatoms. The molecule has 0 aromatic carbocycles. The Labute approximate surface area is 172 Å². The third kappa shape index (κ3) is 5.84. The van der Waals surface area contributed by atoms with E-state index in [1.54, 1.807) is 6.20 Å². The highest BCUT2D eigenvalue weighted by Crippen LogP contribution is 2.41. The summed E-state index contributed by atoms with van der Waals surface area (Å²) in [6.45, 7) is 6.48. The number of carbonyl (C=O) groups is 2. The van der Waals surface area contributed by atoms with Crippen molar-refractivity contribution in [1.29, 1.82) is 0 Å². The zero-order valence-electron chi connectivity index (χ0n) is 17.6. The van der Waals surface area contributed by atoms with E-state index in [0.717, 1.165) is 31.2 Å². The van der Waals surface area contributed by atoms with Crippen LogP contribution < -0.4 is 10.2 Å². The number of pyridine rings is 1. The molecule has 29 heavy (non-hydrogen) atoms. The van der Waals surface area contributed by atoms with Gasteiger partial charge in [-0.3, -0.25) is 10.2 Å². The molecule has 3 aliphatic carbocycles. The zero-order chi connectivity index (χ0) is 20.6. The average molecular weight is 402 g/mol. The average Bonchev–Trinajstić information content (AvgIpc) is 3.51. The molecule has 0 unspecified atom stereocenters. The summed E-state index contributed by atoms with van der Waals surface area (Å²) in [6.07, 6.45) is 7.98. The molecule has 3 fully saturated rings. The predicted molar refractivity (Wildman–Crippen MR) is 108 cm³/mol. The van der Waals surface area contributed by atoms with Gasteiger partial charge in [0.25, 0.3) is 5.91 Å². The van der Waals surface area contributed by atoms with Crippen molar-refractivity contribution < 1.29 is 19.1 Å². The highest BCUT2D eigenvalue weighted by molar-refractivity contribution is 5.95. The SMILES string of the molecule is CC(C)(C)OC(=O)N(CC1CC1)NC(=O)c1ncc(C2CC2)cc1OCC1CC1. The van der Waals surface area contributed by atoms with Crippen molar-refractivity contribution in [2.75, 3.05) is 13.2 Å². The van der Waals surface area contributed by atoms with E-state index in [4.69, 9.17) is 9.47 Å². The minimum Gasteiger partial charge on any atom is -0.491 e. The van der Waals surface area contributed by atoms with Crippen LogP contribution in [0.3, 0.4) is 0 Å². The van der Waals surface area contributed by atoms with Crippen LogP contribution in [0.15, 0.2) is 12.3 Å². The largest absolute Gasteiger partial charge is 0.491 e. The van der Waals surface area contributed by atoms with Crippen molar-refractivity contribution in [3.8, 4) is 5.75 Å². The summed E-state index contributed by atoms with van der Waals surface area (Å²) in [5, 5.41) is 1.28. The summed E-state index contributed by atoms with van der Waals surface area (Å²) in [6, 6.07) is 1.95. The fourth-order valence-electron chi connectivity index (χ4n) is 3.09. The number of hydrogen-bond donors (Lipinski definition) is 1. The van der Waals surface area contributed by atoms with E-state index in [9.17, 15) is 9.59 Å². The van der Waals surface area contributed by atoms with Gasteiger partial charge >= 0.3 is 6.09 Å². The van der Waals surface area contributed by atoms with Crippen LogP contribution >= 0.6 is 0 Å². The fourth-order valence-corrected chi connectivity index (χ4v) is 3.09. The molecule has 1 N–H and O–H groups in total. The molecule has 0 spiro atoms. The van der Waals surface area contributed by atoms with Gasteiger partial charge in [-0.15, -0.1) is 0 Å². The van der Waals surface area contributed by atoms with Crippen molar-refractivity contribution in [1.82, 2.24) is 15.4 Å². The molecule has 2 amide bonds. The lowest BCUT2D eigenvalue weighted by Crippen LogP contribution is -2.49. The van der Waals surface area contributed by atoms with Crippen LogP contribution in [0.1, 0.15) is 81.3 Å². The molecular weight excluding hydrogens is 370 g/mol. The van der Waals surface area contributed by atoms with Crippen LogP contribution in [0.25, 0.3) is 0 Å². The van der Waals surface area contributed by atoms with Gasteiger partial charge < -0.3 is 9.47 Å². The number of ether oxygens (including phenoxy) is 2. The summed E-state index contributed by atoms with van der Waals surface area (Å²) in [4.78, 5) is 30.0. The Morgan fingerprint density at radius 2 is 1.83 bits per heavy atom. The molecule has 7 nitrogen and oxygen atoms in total. The molecule has 158 valence electrons. The lowest BCUT2D eigenvalue weighted by Gasteiger charge is -2.27. The molecule has 4 rings (SSSR count). The van der Waals surface area contributed by atoms with Crippen LogP contribution in [0, 0.1) is 11.8 Å². The Kier molecular flexibility index (Phi) is 5.40. The maximum atomic E-state index is 13.0. The third-order valence-electron chi connectivity index (χ3n) is 5.30. The van der Waals surface area contributed by atoms with Gasteiger partial charge in [-0.1, -0.05) is 0 Å². The van der Waals surface area contributed by atoms with Gasteiger partial charge in [-0.2, -0.15) is 0 Å². The number of aromatic nitrogens is 1. The van der Waals surface area contributed by atoms with Crippen molar-refractivity contribution in [2.24, 2.45) is 11.8 Å². The summed E-state index contributed by atoms with van der Waals surface area (Å²) < 4.78 is 11.4. The summed E-state index contributed by atoms with van der Waals surface area (Å²) in [5.41, 5.74) is 3.42. The maximum Gasteiger partial charge on any atom is 0.429 e. The van der Waals surface area contributed by atoms with Gasteiger partial charge in [-0.25, -0.2) is 14.8 Å². The zero-order valence-corrected chi connectivity index (χ0v) is 17.6. The number of nitrogens with zero attached hydrogens (tertiary/aromatic N) is 2. The molecule has 3 aliphatic rings.